The van der Waals surface area contributed by atoms with E-state index in [1.54, 1.807) is 0 Å². The molecule has 0 saturated carbocycles. The van der Waals surface area contributed by atoms with E-state index in [1.807, 2.05) is 6.20 Å². The second-order valence-corrected chi connectivity index (χ2v) is 6.40. The van der Waals surface area contributed by atoms with E-state index in [1.165, 1.54) is 12.0 Å². The molecule has 0 aliphatic carbocycles. The maximum Gasteiger partial charge on any atom is 0.128 e. The van der Waals surface area contributed by atoms with Crippen molar-refractivity contribution in [3.8, 4) is 0 Å². The largest absolute Gasteiger partial charge is 0.355 e. The minimum atomic E-state index is 0.652. The Balaban J connectivity index is 1.93. The third-order valence-corrected chi connectivity index (χ3v) is 3.91. The highest BCUT2D eigenvalue weighted by molar-refractivity contribution is 5.42. The summed E-state index contributed by atoms with van der Waals surface area (Å²) in [5.74, 6) is 1.81. The number of hydrogen-bond acceptors (Lipinski definition) is 4. The summed E-state index contributed by atoms with van der Waals surface area (Å²) in [6.07, 6.45) is 3.16. The third kappa shape index (κ3) is 4.18. The highest BCUT2D eigenvalue weighted by Crippen LogP contribution is 2.20. The minimum Gasteiger partial charge on any atom is -0.355 e. The van der Waals surface area contributed by atoms with Crippen LogP contribution >= 0.6 is 0 Å². The average Bonchev–Trinajstić information content (AvgIpc) is 2.88. The molecule has 2 heterocycles. The van der Waals surface area contributed by atoms with Crippen molar-refractivity contribution in [2.45, 2.75) is 32.9 Å². The molecule has 0 bridgehead atoms. The summed E-state index contributed by atoms with van der Waals surface area (Å²) in [6.45, 7) is 8.65. The third-order valence-electron chi connectivity index (χ3n) is 3.91. The van der Waals surface area contributed by atoms with Crippen LogP contribution in [0.5, 0.6) is 0 Å². The molecule has 20 heavy (non-hydrogen) atoms. The summed E-state index contributed by atoms with van der Waals surface area (Å²) >= 11 is 0. The normalized spacial score (nSPS) is 19.3. The summed E-state index contributed by atoms with van der Waals surface area (Å²) in [4.78, 5) is 9.25. The molecule has 1 fully saturated rings. The summed E-state index contributed by atoms with van der Waals surface area (Å²) in [7, 11) is 4.32. The van der Waals surface area contributed by atoms with E-state index in [0.29, 0.717) is 12.0 Å². The number of anilines is 1. The van der Waals surface area contributed by atoms with Gasteiger partial charge in [-0.05, 0) is 50.7 Å². The number of nitrogens with zero attached hydrogens (tertiary/aromatic N) is 3. The first-order valence-corrected chi connectivity index (χ1v) is 7.63. The molecule has 0 spiro atoms. The second kappa shape index (κ2) is 7.04. The van der Waals surface area contributed by atoms with Crippen LogP contribution in [0.3, 0.4) is 0 Å². The lowest BCUT2D eigenvalue weighted by atomic mass is 10.2. The van der Waals surface area contributed by atoms with Crippen LogP contribution in [0.2, 0.25) is 0 Å². The van der Waals surface area contributed by atoms with Gasteiger partial charge >= 0.3 is 0 Å². The van der Waals surface area contributed by atoms with Gasteiger partial charge in [0.2, 0.25) is 0 Å². The van der Waals surface area contributed by atoms with Crippen molar-refractivity contribution in [3.05, 3.63) is 23.9 Å². The Morgan fingerprint density at radius 1 is 1.45 bits per heavy atom. The maximum absolute atomic E-state index is 4.54. The molecule has 1 aliphatic heterocycles. The van der Waals surface area contributed by atoms with Crippen molar-refractivity contribution < 1.29 is 0 Å². The van der Waals surface area contributed by atoms with Crippen LogP contribution in [0, 0.1) is 5.92 Å². The summed E-state index contributed by atoms with van der Waals surface area (Å²) < 4.78 is 0. The lowest BCUT2D eigenvalue weighted by Gasteiger charge is -2.21. The van der Waals surface area contributed by atoms with E-state index in [0.717, 1.165) is 32.0 Å². The van der Waals surface area contributed by atoms with Gasteiger partial charge in [-0.15, -0.1) is 0 Å². The van der Waals surface area contributed by atoms with Gasteiger partial charge in [0.05, 0.1) is 0 Å². The van der Waals surface area contributed by atoms with Crippen LogP contribution in [-0.2, 0) is 6.54 Å². The number of rotatable bonds is 6. The second-order valence-electron chi connectivity index (χ2n) is 6.40. The molecule has 1 atom stereocenters. The maximum atomic E-state index is 4.54. The van der Waals surface area contributed by atoms with Gasteiger partial charge in [-0.3, -0.25) is 0 Å². The van der Waals surface area contributed by atoms with Gasteiger partial charge < -0.3 is 15.1 Å². The van der Waals surface area contributed by atoms with Crippen LogP contribution < -0.4 is 10.2 Å². The van der Waals surface area contributed by atoms with E-state index in [-0.39, 0.29) is 0 Å². The summed E-state index contributed by atoms with van der Waals surface area (Å²) in [5, 5.41) is 3.49. The average molecular weight is 276 g/mol. The standard InChI is InChI=1S/C16H28N4/c1-13(2)10-17-11-14-5-7-18-16(9-14)20-8-6-15(12-20)19(3)4/h5,7,9,13,15,17H,6,8,10-12H2,1-4H3. The van der Waals surface area contributed by atoms with Crippen molar-refractivity contribution >= 4 is 5.82 Å². The molecule has 4 heteroatoms. The van der Waals surface area contributed by atoms with Gasteiger partial charge in [-0.1, -0.05) is 13.8 Å². The molecule has 1 aromatic rings. The molecule has 1 aliphatic rings. The fraction of sp³-hybridized carbons (Fsp3) is 0.688. The first-order valence-electron chi connectivity index (χ1n) is 7.63. The minimum absolute atomic E-state index is 0.652. The Morgan fingerprint density at radius 2 is 2.25 bits per heavy atom. The van der Waals surface area contributed by atoms with Crippen molar-refractivity contribution in [1.29, 1.82) is 0 Å². The van der Waals surface area contributed by atoms with Crippen LogP contribution in [0.15, 0.2) is 18.3 Å². The number of nitrogens with one attached hydrogen (secondary N) is 1. The van der Waals surface area contributed by atoms with Crippen LogP contribution in [0.25, 0.3) is 0 Å². The van der Waals surface area contributed by atoms with E-state index < -0.39 is 0 Å². The van der Waals surface area contributed by atoms with E-state index in [9.17, 15) is 0 Å². The molecule has 0 radical (unpaired) electrons. The van der Waals surface area contributed by atoms with Crippen molar-refractivity contribution in [1.82, 2.24) is 15.2 Å². The Bertz CT molecular complexity index is 417. The Kier molecular flexibility index (Phi) is 5.38. The number of pyridine rings is 1. The smallest absolute Gasteiger partial charge is 0.128 e. The fourth-order valence-electron chi connectivity index (χ4n) is 2.62. The Morgan fingerprint density at radius 3 is 2.90 bits per heavy atom. The molecule has 0 aromatic carbocycles. The molecule has 0 amide bonds. The molecule has 1 saturated heterocycles. The summed E-state index contributed by atoms with van der Waals surface area (Å²) in [6, 6.07) is 4.99. The predicted molar refractivity (Wildman–Crippen MR) is 85.1 cm³/mol. The SMILES string of the molecule is CC(C)CNCc1ccnc(N2CCC(N(C)C)C2)c1. The van der Waals surface area contributed by atoms with Crippen LogP contribution in [-0.4, -0.2) is 49.7 Å². The molecule has 4 nitrogen and oxygen atoms in total. The Hall–Kier alpha value is -1.13. The highest BCUT2D eigenvalue weighted by atomic mass is 15.3. The van der Waals surface area contributed by atoms with Gasteiger partial charge in [0.1, 0.15) is 5.82 Å². The van der Waals surface area contributed by atoms with E-state index in [2.05, 4.69) is 60.2 Å². The quantitative estimate of drug-likeness (QED) is 0.861. The summed E-state index contributed by atoms with van der Waals surface area (Å²) in [5.41, 5.74) is 1.32. The van der Waals surface area contributed by atoms with Gasteiger partial charge in [-0.2, -0.15) is 0 Å². The predicted octanol–water partition coefficient (Wildman–Crippen LogP) is 1.97. The molecular weight excluding hydrogens is 248 g/mol. The van der Waals surface area contributed by atoms with Gasteiger partial charge in [-0.25, -0.2) is 4.98 Å². The zero-order chi connectivity index (χ0) is 14.5. The van der Waals surface area contributed by atoms with Gasteiger partial charge in [0.25, 0.3) is 0 Å². The number of likely N-dealkylation sites (N-methyl/N-ethyl adjacent to an activating group) is 1. The fourth-order valence-corrected chi connectivity index (χ4v) is 2.62. The van der Waals surface area contributed by atoms with Crippen LogP contribution in [0.1, 0.15) is 25.8 Å². The first kappa shape index (κ1) is 15.3. The zero-order valence-electron chi connectivity index (χ0n) is 13.3. The van der Waals surface area contributed by atoms with Gasteiger partial charge in [0, 0.05) is 31.9 Å². The molecule has 1 unspecified atom stereocenters. The topological polar surface area (TPSA) is 31.4 Å². The zero-order valence-corrected chi connectivity index (χ0v) is 13.3. The van der Waals surface area contributed by atoms with Crippen LogP contribution in [0.4, 0.5) is 5.82 Å². The van der Waals surface area contributed by atoms with E-state index in [4.69, 9.17) is 0 Å². The molecule has 112 valence electrons. The molecule has 1 N–H and O–H groups in total. The lowest BCUT2D eigenvalue weighted by molar-refractivity contribution is 0.315. The van der Waals surface area contributed by atoms with E-state index >= 15 is 0 Å². The Labute approximate surface area is 123 Å². The number of aromatic nitrogens is 1. The first-order chi connectivity index (χ1) is 9.56. The van der Waals surface area contributed by atoms with Crippen molar-refractivity contribution in [2.24, 2.45) is 5.92 Å². The molecule has 2 rings (SSSR count). The van der Waals surface area contributed by atoms with Crippen molar-refractivity contribution in [2.75, 3.05) is 38.6 Å². The monoisotopic (exact) mass is 276 g/mol. The molecular formula is C16H28N4. The lowest BCUT2D eigenvalue weighted by Crippen LogP contribution is -2.31. The number of hydrogen-bond donors (Lipinski definition) is 1. The van der Waals surface area contributed by atoms with Crippen molar-refractivity contribution in [3.63, 3.8) is 0 Å². The molecule has 1 aromatic heterocycles. The highest BCUT2D eigenvalue weighted by Gasteiger charge is 2.24. The van der Waals surface area contributed by atoms with Gasteiger partial charge in [0.15, 0.2) is 0 Å².